The van der Waals surface area contributed by atoms with Crippen LogP contribution in [0.2, 0.25) is 0 Å². The molecule has 0 aliphatic rings. The number of hydrogen-bond donors (Lipinski definition) is 2. The molecule has 0 heterocycles. The van der Waals surface area contributed by atoms with Crippen molar-refractivity contribution in [1.29, 1.82) is 0 Å². The van der Waals surface area contributed by atoms with Crippen molar-refractivity contribution in [2.24, 2.45) is 0 Å². The fraction of sp³-hybridized carbons (Fsp3) is 0.833. The summed E-state index contributed by atoms with van der Waals surface area (Å²) in [4.78, 5) is 10.8. The third-order valence-electron chi connectivity index (χ3n) is 0.950. The lowest BCUT2D eigenvalue weighted by Crippen LogP contribution is -2.37. The number of nitrogens with zero attached hydrogens (tertiary/aromatic N) is 1. The van der Waals surface area contributed by atoms with Gasteiger partial charge in [0.25, 0.3) is 0 Å². The molecule has 0 rings (SSSR count). The topological polar surface area (TPSA) is 44.4 Å². The van der Waals surface area contributed by atoms with Gasteiger partial charge in [0.05, 0.1) is 0 Å². The Hall–Kier alpha value is -0.610. The minimum atomic E-state index is 0.0411. The van der Waals surface area contributed by atoms with E-state index in [2.05, 4.69) is 10.7 Å². The van der Waals surface area contributed by atoms with Gasteiger partial charge in [0.1, 0.15) is 0 Å². The average Bonchev–Trinajstić information content (AvgIpc) is 1.82. The maximum absolute atomic E-state index is 10.8. The fourth-order valence-corrected chi connectivity index (χ4v) is 0.544. The van der Waals surface area contributed by atoms with Gasteiger partial charge in [-0.25, -0.2) is 5.01 Å². The molecule has 2 N–H and O–H groups in total. The molecule has 0 aromatic heterocycles. The number of nitrogens with one attached hydrogen (secondary N) is 2. The van der Waals surface area contributed by atoms with Crippen LogP contribution in [0.5, 0.6) is 0 Å². The van der Waals surface area contributed by atoms with Gasteiger partial charge in [-0.1, -0.05) is 0 Å². The summed E-state index contributed by atoms with van der Waals surface area (Å²) in [5.41, 5.74) is 2.63. The van der Waals surface area contributed by atoms with Gasteiger partial charge < -0.3 is 5.32 Å². The maximum Gasteiger partial charge on any atom is 0.235 e. The van der Waals surface area contributed by atoms with Crippen molar-refractivity contribution in [3.63, 3.8) is 0 Å². The molecule has 0 aliphatic carbocycles. The van der Waals surface area contributed by atoms with Gasteiger partial charge in [0.2, 0.25) is 5.91 Å². The van der Waals surface area contributed by atoms with E-state index in [1.165, 1.54) is 0 Å². The lowest BCUT2D eigenvalue weighted by atomic mass is 10.4. The van der Waals surface area contributed by atoms with Gasteiger partial charge in [0.15, 0.2) is 0 Å². The molecule has 4 nitrogen and oxygen atoms in total. The maximum atomic E-state index is 10.8. The number of rotatable bonds is 4. The Bertz CT molecular complexity index is 103. The van der Waals surface area contributed by atoms with Crippen LogP contribution in [-0.2, 0) is 4.79 Å². The lowest BCUT2D eigenvalue weighted by molar-refractivity contribution is -0.124. The highest BCUT2D eigenvalue weighted by Crippen LogP contribution is 1.75. The SMILES string of the molecule is CNCCC(=O)NN(C)C. The Kier molecular flexibility index (Phi) is 4.88. The first-order valence-electron chi connectivity index (χ1n) is 3.28. The standard InChI is InChI=1S/C6H15N3O/c1-7-5-4-6(10)8-9(2)3/h7H,4-5H2,1-3H3,(H,8,10). The predicted molar refractivity (Wildman–Crippen MR) is 40.4 cm³/mol. The molecule has 0 aromatic carbocycles. The molecule has 4 heteroatoms. The molecule has 60 valence electrons. The van der Waals surface area contributed by atoms with E-state index in [0.29, 0.717) is 6.42 Å². The van der Waals surface area contributed by atoms with Gasteiger partial charge in [-0.15, -0.1) is 0 Å². The third-order valence-corrected chi connectivity index (χ3v) is 0.950. The second-order valence-corrected chi connectivity index (χ2v) is 2.28. The zero-order valence-corrected chi connectivity index (χ0v) is 6.77. The van der Waals surface area contributed by atoms with E-state index in [1.54, 1.807) is 19.1 Å². The predicted octanol–water partition coefficient (Wildman–Crippen LogP) is -0.811. The van der Waals surface area contributed by atoms with Crippen LogP contribution in [0.1, 0.15) is 6.42 Å². The van der Waals surface area contributed by atoms with Gasteiger partial charge in [-0.05, 0) is 7.05 Å². The van der Waals surface area contributed by atoms with Gasteiger partial charge in [0, 0.05) is 27.1 Å². The summed E-state index contributed by atoms with van der Waals surface area (Å²) < 4.78 is 0. The second-order valence-electron chi connectivity index (χ2n) is 2.28. The summed E-state index contributed by atoms with van der Waals surface area (Å²) in [5, 5.41) is 4.53. The van der Waals surface area contributed by atoms with Crippen molar-refractivity contribution in [2.75, 3.05) is 27.7 Å². The molecule has 0 spiro atoms. The summed E-state index contributed by atoms with van der Waals surface area (Å²) in [5.74, 6) is 0.0411. The minimum absolute atomic E-state index is 0.0411. The van der Waals surface area contributed by atoms with E-state index in [4.69, 9.17) is 0 Å². The monoisotopic (exact) mass is 145 g/mol. The van der Waals surface area contributed by atoms with Crippen LogP contribution in [0.25, 0.3) is 0 Å². The van der Waals surface area contributed by atoms with E-state index in [0.717, 1.165) is 6.54 Å². The summed E-state index contributed by atoms with van der Waals surface area (Å²) in [6.07, 6.45) is 0.522. The first kappa shape index (κ1) is 9.39. The lowest BCUT2D eigenvalue weighted by Gasteiger charge is -2.10. The number of hydrogen-bond acceptors (Lipinski definition) is 3. The summed E-state index contributed by atoms with van der Waals surface area (Å²) in [6.45, 7) is 0.722. The van der Waals surface area contributed by atoms with Gasteiger partial charge in [-0.3, -0.25) is 10.2 Å². The number of carbonyl (C=O) groups is 1. The largest absolute Gasteiger partial charge is 0.319 e. The Morgan fingerprint density at radius 1 is 1.50 bits per heavy atom. The Morgan fingerprint density at radius 3 is 2.50 bits per heavy atom. The highest BCUT2D eigenvalue weighted by atomic mass is 16.2. The summed E-state index contributed by atoms with van der Waals surface area (Å²) in [7, 11) is 5.40. The highest BCUT2D eigenvalue weighted by molar-refractivity contribution is 5.75. The Balaban J connectivity index is 3.26. The van der Waals surface area contributed by atoms with E-state index < -0.39 is 0 Å². The molecule has 0 saturated carbocycles. The van der Waals surface area contributed by atoms with Crippen LogP contribution in [0, 0.1) is 0 Å². The first-order valence-corrected chi connectivity index (χ1v) is 3.28. The fourth-order valence-electron chi connectivity index (χ4n) is 0.544. The average molecular weight is 145 g/mol. The van der Waals surface area contributed by atoms with Gasteiger partial charge in [-0.2, -0.15) is 0 Å². The van der Waals surface area contributed by atoms with Crippen molar-refractivity contribution < 1.29 is 4.79 Å². The van der Waals surface area contributed by atoms with E-state index in [9.17, 15) is 4.79 Å². The zero-order chi connectivity index (χ0) is 7.98. The molecular weight excluding hydrogens is 130 g/mol. The Labute approximate surface area is 61.6 Å². The molecule has 0 aromatic rings. The number of amides is 1. The van der Waals surface area contributed by atoms with E-state index in [1.807, 2.05) is 7.05 Å². The van der Waals surface area contributed by atoms with Crippen molar-refractivity contribution in [2.45, 2.75) is 6.42 Å². The zero-order valence-electron chi connectivity index (χ0n) is 6.77. The number of hydrazine groups is 1. The number of carbonyl (C=O) groups excluding carboxylic acids is 1. The van der Waals surface area contributed by atoms with Crippen LogP contribution in [0.4, 0.5) is 0 Å². The molecule has 0 aliphatic heterocycles. The molecule has 10 heavy (non-hydrogen) atoms. The molecule has 0 radical (unpaired) electrons. The van der Waals surface area contributed by atoms with Crippen molar-refractivity contribution in [3.05, 3.63) is 0 Å². The quantitative estimate of drug-likeness (QED) is 0.508. The van der Waals surface area contributed by atoms with Crippen LogP contribution in [0.3, 0.4) is 0 Å². The van der Waals surface area contributed by atoms with Gasteiger partial charge >= 0.3 is 0 Å². The molecule has 1 amide bonds. The van der Waals surface area contributed by atoms with Crippen molar-refractivity contribution >= 4 is 5.91 Å². The van der Waals surface area contributed by atoms with Crippen LogP contribution in [-0.4, -0.2) is 38.6 Å². The van der Waals surface area contributed by atoms with Crippen LogP contribution >= 0.6 is 0 Å². The van der Waals surface area contributed by atoms with Crippen molar-refractivity contribution in [3.8, 4) is 0 Å². The van der Waals surface area contributed by atoms with Crippen LogP contribution in [0.15, 0.2) is 0 Å². The van der Waals surface area contributed by atoms with E-state index >= 15 is 0 Å². The first-order chi connectivity index (χ1) is 4.66. The highest BCUT2D eigenvalue weighted by Gasteiger charge is 1.98. The second kappa shape index (κ2) is 5.20. The molecule has 0 unspecified atom stereocenters. The molecule has 0 fully saturated rings. The molecule has 0 atom stereocenters. The van der Waals surface area contributed by atoms with E-state index in [-0.39, 0.29) is 5.91 Å². The smallest absolute Gasteiger partial charge is 0.235 e. The van der Waals surface area contributed by atoms with Crippen molar-refractivity contribution in [1.82, 2.24) is 15.8 Å². The summed E-state index contributed by atoms with van der Waals surface area (Å²) >= 11 is 0. The molecular formula is C6H15N3O. The molecule has 0 bridgehead atoms. The normalized spacial score (nSPS) is 10.0. The Morgan fingerprint density at radius 2 is 2.10 bits per heavy atom. The molecule has 0 saturated heterocycles. The summed E-state index contributed by atoms with van der Waals surface area (Å²) in [6, 6.07) is 0. The minimum Gasteiger partial charge on any atom is -0.319 e. The third kappa shape index (κ3) is 5.53. The van der Waals surface area contributed by atoms with Crippen LogP contribution < -0.4 is 10.7 Å².